The van der Waals surface area contributed by atoms with Gasteiger partial charge < -0.3 is 5.32 Å². The Bertz CT molecular complexity index is 2070. The number of fused-ring (bicyclic) bond motifs is 2. The van der Waals surface area contributed by atoms with Gasteiger partial charge in [0.05, 0.1) is 27.1 Å². The number of thioether (sulfide) groups is 1. The molecule has 4 aromatic rings. The van der Waals surface area contributed by atoms with Crippen LogP contribution in [-0.4, -0.2) is 36.0 Å². The highest BCUT2D eigenvalue weighted by Gasteiger charge is 2.57. The summed E-state index contributed by atoms with van der Waals surface area (Å²) in [5.74, 6) is -3.92. The van der Waals surface area contributed by atoms with E-state index in [1.807, 2.05) is 0 Å². The minimum atomic E-state index is -4.70. The monoisotopic (exact) mass is 752 g/mol. The average Bonchev–Trinajstić information content (AvgIpc) is 3.43. The fraction of sp³-hybridized carbons (Fsp3) is 0.172. The van der Waals surface area contributed by atoms with Crippen molar-refractivity contribution in [2.24, 2.45) is 11.1 Å². The first-order valence-electron chi connectivity index (χ1n) is 13.3. The molecule has 0 aliphatic carbocycles. The third-order valence-corrected chi connectivity index (χ3v) is 11.5. The summed E-state index contributed by atoms with van der Waals surface area (Å²) in [4.78, 5) is 54.6. The summed E-state index contributed by atoms with van der Waals surface area (Å²) in [5, 5.41) is 6.88. The van der Waals surface area contributed by atoms with Gasteiger partial charge in [0.15, 0.2) is 0 Å². The number of anilines is 2. The fourth-order valence-electron chi connectivity index (χ4n) is 5.43. The van der Waals surface area contributed by atoms with E-state index in [4.69, 9.17) is 5.14 Å². The molecule has 3 amide bonds. The summed E-state index contributed by atoms with van der Waals surface area (Å²) < 4.78 is 65.5. The van der Waals surface area contributed by atoms with Crippen molar-refractivity contribution in [2.45, 2.75) is 33.8 Å². The normalized spacial score (nSPS) is 19.6. The molecule has 1 saturated heterocycles. The number of alkyl halides is 3. The average molecular weight is 754 g/mol. The molecule has 17 heteroatoms. The van der Waals surface area contributed by atoms with Gasteiger partial charge in [-0.3, -0.25) is 23.7 Å². The van der Waals surface area contributed by atoms with Crippen molar-refractivity contribution in [3.63, 3.8) is 0 Å². The highest BCUT2D eigenvalue weighted by atomic mass is 79.9. The number of benzene rings is 3. The standard InChI is InChI=1S/C29H20BrF3N4O6S3/c30-16-6-4-14(5-7-16)21-22-23(26(40)37(25(22)39)18-3-1-2-15(12-18)29(31,32)33)44-27-24(21)45-28(41)36(27)13-20(38)35-17-8-10-19(11-9-17)46(34,42)43/h1-12,21-23H,13H2,(H,35,38)(H2,34,42,43)/t21-,22?,23?/m1/s1. The van der Waals surface area contributed by atoms with Crippen molar-refractivity contribution in [1.29, 1.82) is 0 Å². The Morgan fingerprint density at radius 2 is 1.65 bits per heavy atom. The Kier molecular flexibility index (Phi) is 8.25. The van der Waals surface area contributed by atoms with Gasteiger partial charge in [-0.2, -0.15) is 13.2 Å². The van der Waals surface area contributed by atoms with Crippen LogP contribution < -0.4 is 20.2 Å². The number of carbonyl (C=O) groups excluding carboxylic acids is 3. The van der Waals surface area contributed by atoms with Gasteiger partial charge in [-0.25, -0.2) is 18.5 Å². The van der Waals surface area contributed by atoms with Gasteiger partial charge in [-0.15, -0.1) is 0 Å². The number of sulfonamides is 1. The number of hydrogen-bond donors (Lipinski definition) is 2. The summed E-state index contributed by atoms with van der Waals surface area (Å²) in [6, 6.07) is 16.0. The van der Waals surface area contributed by atoms with Crippen molar-refractivity contribution >= 4 is 78.1 Å². The largest absolute Gasteiger partial charge is 0.416 e. The molecule has 0 bridgehead atoms. The Labute approximate surface area is 275 Å². The van der Waals surface area contributed by atoms with Crippen LogP contribution in [0.4, 0.5) is 24.5 Å². The van der Waals surface area contributed by atoms with E-state index in [0.717, 1.165) is 50.7 Å². The lowest BCUT2D eigenvalue weighted by Gasteiger charge is -2.30. The van der Waals surface area contributed by atoms with E-state index in [0.29, 0.717) is 10.4 Å². The van der Waals surface area contributed by atoms with Crippen molar-refractivity contribution in [3.05, 3.63) is 103 Å². The maximum atomic E-state index is 13.9. The Morgan fingerprint density at radius 1 is 0.978 bits per heavy atom. The molecule has 238 valence electrons. The number of aromatic nitrogens is 1. The van der Waals surface area contributed by atoms with Crippen LogP contribution in [0.15, 0.2) is 92.0 Å². The molecule has 6 rings (SSSR count). The third-order valence-electron chi connectivity index (χ3n) is 7.48. The highest BCUT2D eigenvalue weighted by Crippen LogP contribution is 2.54. The second kappa shape index (κ2) is 11.8. The van der Waals surface area contributed by atoms with Crippen LogP contribution in [0.5, 0.6) is 0 Å². The predicted molar refractivity (Wildman–Crippen MR) is 168 cm³/mol. The lowest BCUT2D eigenvalue weighted by molar-refractivity contribution is -0.137. The van der Waals surface area contributed by atoms with Gasteiger partial charge in [0.1, 0.15) is 11.8 Å². The Balaban J connectivity index is 1.37. The molecule has 3 N–H and O–H groups in total. The molecule has 3 aromatic carbocycles. The minimum Gasteiger partial charge on any atom is -0.325 e. The molecule has 10 nitrogen and oxygen atoms in total. The molecule has 46 heavy (non-hydrogen) atoms. The molecule has 0 spiro atoms. The van der Waals surface area contributed by atoms with Crippen LogP contribution in [0.3, 0.4) is 0 Å². The number of thiazole rings is 1. The highest BCUT2D eigenvalue weighted by molar-refractivity contribution is 9.10. The van der Waals surface area contributed by atoms with E-state index >= 15 is 0 Å². The number of hydrogen-bond acceptors (Lipinski definition) is 8. The second-order valence-corrected chi connectivity index (χ2v) is 15.0. The number of nitrogens with zero attached hydrogens (tertiary/aromatic N) is 2. The minimum absolute atomic E-state index is 0.159. The number of carbonyl (C=O) groups is 3. The van der Waals surface area contributed by atoms with Gasteiger partial charge >= 0.3 is 11.0 Å². The molecule has 1 aromatic heterocycles. The predicted octanol–water partition coefficient (Wildman–Crippen LogP) is 4.77. The van der Waals surface area contributed by atoms with Crippen molar-refractivity contribution in [1.82, 2.24) is 4.57 Å². The van der Waals surface area contributed by atoms with Crippen LogP contribution in [0, 0.1) is 5.92 Å². The van der Waals surface area contributed by atoms with Crippen molar-refractivity contribution in [2.75, 3.05) is 10.2 Å². The molecule has 2 unspecified atom stereocenters. The zero-order valence-corrected chi connectivity index (χ0v) is 27.1. The number of nitrogens with one attached hydrogen (secondary N) is 1. The summed E-state index contributed by atoms with van der Waals surface area (Å²) in [5.41, 5.74) is -0.401. The molecular formula is C29H20BrF3N4O6S3. The van der Waals surface area contributed by atoms with E-state index in [-0.39, 0.29) is 21.3 Å². The smallest absolute Gasteiger partial charge is 0.325 e. The third kappa shape index (κ3) is 5.92. The number of rotatable bonds is 6. The molecule has 3 atom stereocenters. The van der Waals surface area contributed by atoms with Crippen LogP contribution in [0.2, 0.25) is 0 Å². The first kappa shape index (κ1) is 32.2. The SMILES string of the molecule is NS(=O)(=O)c1ccc(NC(=O)Cn2c3c(sc2=O)[C@H](c2ccc(Br)cc2)C2C(=O)N(c4cccc(C(F)(F)F)c4)C(=O)C2S3)cc1. The Morgan fingerprint density at radius 3 is 2.28 bits per heavy atom. The fourth-order valence-corrected chi connectivity index (χ4v) is 8.99. The Hall–Kier alpha value is -3.77. The summed E-state index contributed by atoms with van der Waals surface area (Å²) in [6.07, 6.45) is -4.70. The topological polar surface area (TPSA) is 149 Å². The molecule has 2 aliphatic heterocycles. The molecular weight excluding hydrogens is 733 g/mol. The first-order chi connectivity index (χ1) is 21.6. The van der Waals surface area contributed by atoms with E-state index < -0.39 is 68.0 Å². The van der Waals surface area contributed by atoms with Gasteiger partial charge in [0, 0.05) is 21.0 Å². The summed E-state index contributed by atoms with van der Waals surface area (Å²) >= 11 is 5.10. The zero-order chi connectivity index (χ0) is 33.1. The maximum Gasteiger partial charge on any atom is 0.416 e. The molecule has 3 heterocycles. The summed E-state index contributed by atoms with van der Waals surface area (Å²) in [7, 11) is -3.95. The van der Waals surface area contributed by atoms with Crippen LogP contribution in [0.1, 0.15) is 21.9 Å². The van der Waals surface area contributed by atoms with E-state index in [2.05, 4.69) is 21.2 Å². The van der Waals surface area contributed by atoms with Crippen molar-refractivity contribution in [3.8, 4) is 0 Å². The molecule has 0 saturated carbocycles. The van der Waals surface area contributed by atoms with Gasteiger partial charge in [-0.1, -0.05) is 57.2 Å². The maximum absolute atomic E-state index is 13.9. The quantitative estimate of drug-likeness (QED) is 0.270. The lowest BCUT2D eigenvalue weighted by Crippen LogP contribution is -2.33. The van der Waals surface area contributed by atoms with Crippen LogP contribution in [-0.2, 0) is 37.1 Å². The van der Waals surface area contributed by atoms with Gasteiger partial charge in [0.2, 0.25) is 27.7 Å². The van der Waals surface area contributed by atoms with Crippen molar-refractivity contribution < 1.29 is 36.0 Å². The molecule has 1 fully saturated rings. The van der Waals surface area contributed by atoms with Gasteiger partial charge in [0.25, 0.3) is 0 Å². The molecule has 2 aliphatic rings. The number of halogens is 4. The zero-order valence-electron chi connectivity index (χ0n) is 23.0. The molecule has 0 radical (unpaired) electrons. The van der Waals surface area contributed by atoms with E-state index in [1.165, 1.54) is 34.9 Å². The van der Waals surface area contributed by atoms with E-state index in [9.17, 15) is 40.8 Å². The number of imide groups is 1. The van der Waals surface area contributed by atoms with Crippen LogP contribution >= 0.6 is 39.0 Å². The summed E-state index contributed by atoms with van der Waals surface area (Å²) in [6.45, 7) is -0.474. The number of nitrogens with two attached hydrogens (primary N) is 1. The lowest BCUT2D eigenvalue weighted by atomic mass is 9.83. The first-order valence-corrected chi connectivity index (χ1v) is 17.3. The number of primary sulfonamides is 1. The second-order valence-electron chi connectivity index (χ2n) is 10.4. The van der Waals surface area contributed by atoms with Gasteiger partial charge in [-0.05, 0) is 60.2 Å². The van der Waals surface area contributed by atoms with E-state index in [1.54, 1.807) is 24.3 Å². The van der Waals surface area contributed by atoms with Crippen LogP contribution in [0.25, 0.3) is 0 Å². The number of amides is 3.